The summed E-state index contributed by atoms with van der Waals surface area (Å²) in [5.41, 5.74) is 1.09. The molecule has 2 aromatic rings. The molecule has 1 aliphatic heterocycles. The van der Waals surface area contributed by atoms with E-state index in [1.807, 2.05) is 43.7 Å². The number of hydrogen-bond acceptors (Lipinski definition) is 4. The zero-order chi connectivity index (χ0) is 18.4. The maximum atomic E-state index is 5.89. The van der Waals surface area contributed by atoms with Crippen molar-refractivity contribution in [2.24, 2.45) is 12.0 Å². The molecule has 0 amide bonds. The molecule has 1 fully saturated rings. The zero-order valence-corrected chi connectivity index (χ0v) is 19.4. The number of aryl methyl sites for hydroxylation is 1. The molecule has 1 aromatic heterocycles. The van der Waals surface area contributed by atoms with Crippen molar-refractivity contribution in [1.82, 2.24) is 20.0 Å². The van der Waals surface area contributed by atoms with E-state index in [0.29, 0.717) is 19.8 Å². The van der Waals surface area contributed by atoms with Crippen LogP contribution in [0.15, 0.2) is 46.1 Å². The fraction of sp³-hybridized carbons (Fsp3) is 0.444. The summed E-state index contributed by atoms with van der Waals surface area (Å²) in [6.45, 7) is 3.47. The quantitative estimate of drug-likeness (QED) is 0.269. The summed E-state index contributed by atoms with van der Waals surface area (Å²) >= 11 is 3.42. The molecule has 1 saturated heterocycles. The lowest BCUT2D eigenvalue weighted by atomic mass is 10.1. The summed E-state index contributed by atoms with van der Waals surface area (Å²) in [4.78, 5) is 6.60. The molecule has 1 aliphatic rings. The molecule has 2 heterocycles. The molecule has 7 nitrogen and oxygen atoms in total. The van der Waals surface area contributed by atoms with Crippen LogP contribution in [0.2, 0.25) is 0 Å². The molecule has 0 aliphatic carbocycles. The first kappa shape index (κ1) is 22.0. The van der Waals surface area contributed by atoms with E-state index in [1.54, 1.807) is 11.7 Å². The molecule has 0 saturated carbocycles. The Bertz CT molecular complexity index is 738. The molecule has 3 rings (SSSR count). The Morgan fingerprint density at radius 3 is 2.85 bits per heavy atom. The van der Waals surface area contributed by atoms with Gasteiger partial charge in [-0.15, -0.1) is 24.0 Å². The number of aromatic nitrogens is 2. The van der Waals surface area contributed by atoms with Crippen LogP contribution in [0.1, 0.15) is 11.7 Å². The second-order valence-electron chi connectivity index (χ2n) is 6.03. The molecular formula is C18H25BrIN5O2. The van der Waals surface area contributed by atoms with Gasteiger partial charge in [-0.3, -0.25) is 9.67 Å². The fourth-order valence-electron chi connectivity index (χ4n) is 2.84. The largest absolute Gasteiger partial charge is 0.492 e. The topological polar surface area (TPSA) is 63.9 Å². The van der Waals surface area contributed by atoms with Crippen LogP contribution < -0.4 is 10.1 Å². The first-order valence-corrected chi connectivity index (χ1v) is 9.39. The van der Waals surface area contributed by atoms with E-state index in [4.69, 9.17) is 9.47 Å². The predicted octanol–water partition coefficient (Wildman–Crippen LogP) is 2.83. The molecule has 1 unspecified atom stereocenters. The number of aliphatic imine (C=N–C) groups is 1. The van der Waals surface area contributed by atoms with Gasteiger partial charge in [0.15, 0.2) is 5.96 Å². The van der Waals surface area contributed by atoms with Crippen molar-refractivity contribution >= 4 is 45.9 Å². The minimum atomic E-state index is 0. The number of hydrogen-bond donors (Lipinski definition) is 1. The van der Waals surface area contributed by atoms with E-state index in [-0.39, 0.29) is 30.1 Å². The Balaban J connectivity index is 0.00000261. The van der Waals surface area contributed by atoms with Crippen LogP contribution in [0.4, 0.5) is 0 Å². The highest BCUT2D eigenvalue weighted by Gasteiger charge is 2.24. The van der Waals surface area contributed by atoms with Gasteiger partial charge in [-0.05, 0) is 24.3 Å². The van der Waals surface area contributed by atoms with Crippen LogP contribution in [-0.2, 0) is 11.8 Å². The van der Waals surface area contributed by atoms with Gasteiger partial charge in [0, 0.05) is 36.9 Å². The lowest BCUT2D eigenvalue weighted by molar-refractivity contribution is -0.00805. The van der Waals surface area contributed by atoms with Gasteiger partial charge in [0.05, 0.1) is 25.9 Å². The summed E-state index contributed by atoms with van der Waals surface area (Å²) < 4.78 is 14.5. The van der Waals surface area contributed by atoms with Gasteiger partial charge in [0.1, 0.15) is 18.5 Å². The van der Waals surface area contributed by atoms with E-state index in [9.17, 15) is 0 Å². The molecule has 27 heavy (non-hydrogen) atoms. The summed E-state index contributed by atoms with van der Waals surface area (Å²) in [7, 11) is 3.71. The van der Waals surface area contributed by atoms with Crippen molar-refractivity contribution in [1.29, 1.82) is 0 Å². The van der Waals surface area contributed by atoms with Crippen molar-refractivity contribution in [2.45, 2.75) is 6.10 Å². The Labute approximate surface area is 185 Å². The normalized spacial score (nSPS) is 17.4. The first-order valence-electron chi connectivity index (χ1n) is 8.60. The second-order valence-corrected chi connectivity index (χ2v) is 6.94. The Kier molecular flexibility index (Phi) is 8.84. The van der Waals surface area contributed by atoms with Crippen molar-refractivity contribution in [3.05, 3.63) is 46.7 Å². The van der Waals surface area contributed by atoms with Gasteiger partial charge in [-0.1, -0.05) is 15.9 Å². The minimum Gasteiger partial charge on any atom is -0.492 e. The van der Waals surface area contributed by atoms with E-state index >= 15 is 0 Å². The zero-order valence-electron chi connectivity index (χ0n) is 15.5. The Morgan fingerprint density at radius 1 is 1.41 bits per heavy atom. The van der Waals surface area contributed by atoms with Crippen LogP contribution in [-0.4, -0.2) is 60.5 Å². The van der Waals surface area contributed by atoms with Gasteiger partial charge in [0.25, 0.3) is 0 Å². The third-order valence-electron chi connectivity index (χ3n) is 4.14. The first-order chi connectivity index (χ1) is 12.7. The number of benzene rings is 1. The smallest absolute Gasteiger partial charge is 0.193 e. The fourth-order valence-corrected chi connectivity index (χ4v) is 3.11. The lowest BCUT2D eigenvalue weighted by Gasteiger charge is -2.34. The maximum absolute atomic E-state index is 5.89. The summed E-state index contributed by atoms with van der Waals surface area (Å²) in [5.74, 6) is 1.72. The highest BCUT2D eigenvalue weighted by molar-refractivity contribution is 14.0. The number of guanidine groups is 1. The predicted molar refractivity (Wildman–Crippen MR) is 120 cm³/mol. The van der Waals surface area contributed by atoms with Crippen LogP contribution in [0.25, 0.3) is 0 Å². The SMILES string of the molecule is CN=C(NCCOc1ccc(Br)cc1)N1CCOC(c2cnn(C)c2)C1.I. The summed E-state index contributed by atoms with van der Waals surface area (Å²) in [6.07, 6.45) is 3.86. The number of morpholine rings is 1. The summed E-state index contributed by atoms with van der Waals surface area (Å²) in [6, 6.07) is 7.82. The van der Waals surface area contributed by atoms with Gasteiger partial charge >= 0.3 is 0 Å². The monoisotopic (exact) mass is 549 g/mol. The van der Waals surface area contributed by atoms with Gasteiger partial charge in [-0.25, -0.2) is 0 Å². The Hall–Kier alpha value is -1.33. The lowest BCUT2D eigenvalue weighted by Crippen LogP contribution is -2.48. The molecule has 0 spiro atoms. The molecule has 0 bridgehead atoms. The van der Waals surface area contributed by atoms with Crippen LogP contribution in [0, 0.1) is 0 Å². The van der Waals surface area contributed by atoms with E-state index in [2.05, 4.69) is 36.2 Å². The van der Waals surface area contributed by atoms with Crippen LogP contribution in [0.5, 0.6) is 5.75 Å². The number of rotatable bonds is 5. The highest BCUT2D eigenvalue weighted by atomic mass is 127. The Morgan fingerprint density at radius 2 is 2.19 bits per heavy atom. The molecule has 9 heteroatoms. The van der Waals surface area contributed by atoms with E-state index < -0.39 is 0 Å². The third kappa shape index (κ3) is 6.35. The summed E-state index contributed by atoms with van der Waals surface area (Å²) in [5, 5.41) is 7.59. The molecule has 1 atom stereocenters. The second kappa shape index (κ2) is 10.9. The van der Waals surface area contributed by atoms with Crippen molar-refractivity contribution in [3.8, 4) is 5.75 Å². The van der Waals surface area contributed by atoms with Crippen molar-refractivity contribution < 1.29 is 9.47 Å². The average molecular weight is 550 g/mol. The molecule has 1 aromatic carbocycles. The molecule has 148 valence electrons. The van der Waals surface area contributed by atoms with Crippen LogP contribution in [0.3, 0.4) is 0 Å². The van der Waals surface area contributed by atoms with Crippen LogP contribution >= 0.6 is 39.9 Å². The molecule has 1 N–H and O–H groups in total. The van der Waals surface area contributed by atoms with Gasteiger partial charge in [-0.2, -0.15) is 5.10 Å². The van der Waals surface area contributed by atoms with Gasteiger partial charge in [0.2, 0.25) is 0 Å². The number of nitrogens with zero attached hydrogens (tertiary/aromatic N) is 4. The van der Waals surface area contributed by atoms with Crippen molar-refractivity contribution in [2.75, 3.05) is 39.9 Å². The number of halogens is 2. The van der Waals surface area contributed by atoms with E-state index in [1.165, 1.54) is 0 Å². The third-order valence-corrected chi connectivity index (χ3v) is 4.67. The highest BCUT2D eigenvalue weighted by Crippen LogP contribution is 2.21. The number of ether oxygens (including phenoxy) is 2. The van der Waals surface area contributed by atoms with Gasteiger partial charge < -0.3 is 19.7 Å². The average Bonchev–Trinajstić information content (AvgIpc) is 3.10. The van der Waals surface area contributed by atoms with E-state index in [0.717, 1.165) is 34.8 Å². The maximum Gasteiger partial charge on any atom is 0.193 e. The minimum absolute atomic E-state index is 0. The number of nitrogens with one attached hydrogen (secondary N) is 1. The molecule has 0 radical (unpaired) electrons. The standard InChI is InChI=1S/C18H24BrN5O2.HI/c1-20-18(21-7-9-25-16-5-3-15(19)4-6-16)24-8-10-26-17(13-24)14-11-22-23(2)12-14;/h3-6,11-12,17H,7-10,13H2,1-2H3,(H,20,21);1H. The molecular weight excluding hydrogens is 525 g/mol. The van der Waals surface area contributed by atoms with Crippen molar-refractivity contribution in [3.63, 3.8) is 0 Å².